The standard InChI is InChI=1S/C11H22N2O4S/c1-11(5-7-18(15,16)8-11)13-10(14)9(12)4-3-6-17-2/h9H,3-8,12H2,1-2H3,(H,13,14). The molecule has 0 aromatic heterocycles. The van der Waals surface area contributed by atoms with Gasteiger partial charge in [0, 0.05) is 13.7 Å². The Balaban J connectivity index is 2.44. The Labute approximate surface area is 108 Å². The van der Waals surface area contributed by atoms with Gasteiger partial charge in [-0.15, -0.1) is 0 Å². The van der Waals surface area contributed by atoms with Crippen molar-refractivity contribution < 1.29 is 17.9 Å². The second-order valence-electron chi connectivity index (χ2n) is 5.13. The zero-order chi connectivity index (χ0) is 13.8. The highest BCUT2D eigenvalue weighted by molar-refractivity contribution is 7.91. The largest absolute Gasteiger partial charge is 0.385 e. The molecule has 18 heavy (non-hydrogen) atoms. The molecule has 0 bridgehead atoms. The van der Waals surface area contributed by atoms with Gasteiger partial charge in [0.2, 0.25) is 5.91 Å². The van der Waals surface area contributed by atoms with Gasteiger partial charge in [-0.25, -0.2) is 8.42 Å². The summed E-state index contributed by atoms with van der Waals surface area (Å²) in [5.41, 5.74) is 5.07. The van der Waals surface area contributed by atoms with Crippen molar-refractivity contribution in [3.8, 4) is 0 Å². The van der Waals surface area contributed by atoms with Crippen LogP contribution in [0.3, 0.4) is 0 Å². The predicted octanol–water partition coefficient (Wildman–Crippen LogP) is -0.566. The third kappa shape index (κ3) is 4.55. The molecule has 0 spiro atoms. The van der Waals surface area contributed by atoms with Crippen molar-refractivity contribution in [3.63, 3.8) is 0 Å². The molecular formula is C11H22N2O4S. The summed E-state index contributed by atoms with van der Waals surface area (Å²) in [7, 11) is -1.43. The van der Waals surface area contributed by atoms with Gasteiger partial charge in [-0.1, -0.05) is 0 Å². The van der Waals surface area contributed by atoms with E-state index >= 15 is 0 Å². The highest BCUT2D eigenvalue weighted by Gasteiger charge is 2.39. The number of hydrogen-bond acceptors (Lipinski definition) is 5. The Kier molecular flexibility index (Phi) is 5.12. The number of hydrogen-bond donors (Lipinski definition) is 2. The minimum Gasteiger partial charge on any atom is -0.385 e. The summed E-state index contributed by atoms with van der Waals surface area (Å²) < 4.78 is 27.7. The maximum atomic E-state index is 11.8. The Hall–Kier alpha value is -0.660. The second-order valence-corrected chi connectivity index (χ2v) is 7.32. The number of carbonyl (C=O) groups is 1. The van der Waals surface area contributed by atoms with Gasteiger partial charge in [0.15, 0.2) is 9.84 Å². The van der Waals surface area contributed by atoms with Crippen LogP contribution in [0, 0.1) is 0 Å². The van der Waals surface area contributed by atoms with Crippen molar-refractivity contribution >= 4 is 15.7 Å². The van der Waals surface area contributed by atoms with Crippen molar-refractivity contribution in [2.45, 2.75) is 37.8 Å². The second kappa shape index (κ2) is 5.99. The van der Waals surface area contributed by atoms with Crippen LogP contribution in [-0.4, -0.2) is 51.1 Å². The average molecular weight is 278 g/mol. The lowest BCUT2D eigenvalue weighted by atomic mass is 10.0. The first-order valence-electron chi connectivity index (χ1n) is 6.05. The fourth-order valence-corrected chi connectivity index (χ4v) is 4.17. The van der Waals surface area contributed by atoms with E-state index in [0.717, 1.165) is 0 Å². The number of rotatable bonds is 6. The fraction of sp³-hybridized carbons (Fsp3) is 0.909. The maximum absolute atomic E-state index is 11.8. The zero-order valence-corrected chi connectivity index (χ0v) is 11.8. The molecule has 2 unspecified atom stereocenters. The van der Waals surface area contributed by atoms with Gasteiger partial charge in [0.05, 0.1) is 23.1 Å². The lowest BCUT2D eigenvalue weighted by Gasteiger charge is -2.25. The van der Waals surface area contributed by atoms with Crippen molar-refractivity contribution in [2.75, 3.05) is 25.2 Å². The first kappa shape index (κ1) is 15.4. The molecule has 0 radical (unpaired) electrons. The molecule has 1 saturated heterocycles. The van der Waals surface area contributed by atoms with Crippen molar-refractivity contribution in [1.82, 2.24) is 5.32 Å². The van der Waals surface area contributed by atoms with Crippen molar-refractivity contribution in [2.24, 2.45) is 5.73 Å². The van der Waals surface area contributed by atoms with Crippen LogP contribution >= 0.6 is 0 Å². The summed E-state index contributed by atoms with van der Waals surface area (Å²) in [6.07, 6.45) is 1.69. The smallest absolute Gasteiger partial charge is 0.237 e. The average Bonchev–Trinajstić information content (AvgIpc) is 2.53. The molecule has 1 aliphatic rings. The third-order valence-corrected chi connectivity index (χ3v) is 5.03. The summed E-state index contributed by atoms with van der Waals surface area (Å²) in [6, 6.07) is -0.611. The highest BCUT2D eigenvalue weighted by Crippen LogP contribution is 2.22. The van der Waals surface area contributed by atoms with Gasteiger partial charge in [-0.2, -0.15) is 0 Å². The fourth-order valence-electron chi connectivity index (χ4n) is 2.08. The summed E-state index contributed by atoms with van der Waals surface area (Å²) in [6.45, 7) is 2.31. The number of carbonyl (C=O) groups excluding carboxylic acids is 1. The van der Waals surface area contributed by atoms with Crippen LogP contribution in [0.15, 0.2) is 0 Å². The van der Waals surface area contributed by atoms with E-state index in [9.17, 15) is 13.2 Å². The van der Waals surface area contributed by atoms with Crippen LogP contribution in [0.2, 0.25) is 0 Å². The predicted molar refractivity (Wildman–Crippen MR) is 68.9 cm³/mol. The normalized spacial score (nSPS) is 27.9. The van der Waals surface area contributed by atoms with Crippen LogP contribution in [0.25, 0.3) is 0 Å². The number of nitrogens with two attached hydrogens (primary N) is 1. The minimum atomic E-state index is -3.02. The first-order valence-corrected chi connectivity index (χ1v) is 7.87. The van der Waals surface area contributed by atoms with Gasteiger partial charge in [0.25, 0.3) is 0 Å². The zero-order valence-electron chi connectivity index (χ0n) is 10.9. The summed E-state index contributed by atoms with van der Waals surface area (Å²) in [5.74, 6) is -0.162. The molecule has 0 aromatic carbocycles. The van der Waals surface area contributed by atoms with E-state index in [4.69, 9.17) is 10.5 Å². The minimum absolute atomic E-state index is 0.00344. The summed E-state index contributed by atoms with van der Waals surface area (Å²) in [4.78, 5) is 11.8. The van der Waals surface area contributed by atoms with Gasteiger partial charge in [-0.3, -0.25) is 4.79 Å². The van der Waals surface area contributed by atoms with Gasteiger partial charge in [0.1, 0.15) is 0 Å². The molecule has 0 aromatic rings. The molecule has 106 valence electrons. The van der Waals surface area contributed by atoms with E-state index in [1.807, 2.05) is 0 Å². The van der Waals surface area contributed by atoms with E-state index < -0.39 is 21.4 Å². The molecule has 0 aliphatic carbocycles. The molecule has 1 heterocycles. The van der Waals surface area contributed by atoms with E-state index in [0.29, 0.717) is 25.9 Å². The topological polar surface area (TPSA) is 98.5 Å². The summed E-state index contributed by atoms with van der Waals surface area (Å²) in [5, 5.41) is 2.75. The van der Waals surface area contributed by atoms with Crippen LogP contribution in [0.4, 0.5) is 0 Å². The maximum Gasteiger partial charge on any atom is 0.237 e. The Morgan fingerprint density at radius 3 is 2.72 bits per heavy atom. The van der Waals surface area contributed by atoms with E-state index in [1.165, 1.54) is 0 Å². The molecule has 1 rings (SSSR count). The van der Waals surface area contributed by atoms with Crippen molar-refractivity contribution in [3.05, 3.63) is 0 Å². The van der Waals surface area contributed by atoms with E-state index in [2.05, 4.69) is 5.32 Å². The number of amides is 1. The van der Waals surface area contributed by atoms with Crippen molar-refractivity contribution in [1.29, 1.82) is 0 Å². The molecule has 6 nitrogen and oxygen atoms in total. The SMILES string of the molecule is COCCCC(N)C(=O)NC1(C)CCS(=O)(=O)C1. The molecule has 1 aliphatic heterocycles. The number of ether oxygens (including phenoxy) is 1. The monoisotopic (exact) mass is 278 g/mol. The molecule has 7 heteroatoms. The summed E-state index contributed by atoms with van der Waals surface area (Å²) >= 11 is 0. The molecule has 1 amide bonds. The Morgan fingerprint density at radius 2 is 2.22 bits per heavy atom. The van der Waals surface area contributed by atoms with E-state index in [1.54, 1.807) is 14.0 Å². The number of sulfone groups is 1. The Bertz CT molecular complexity index is 396. The molecule has 0 saturated carbocycles. The molecule has 1 fully saturated rings. The van der Waals surface area contributed by atoms with Crippen LogP contribution in [0.1, 0.15) is 26.2 Å². The third-order valence-electron chi connectivity index (χ3n) is 3.13. The van der Waals surface area contributed by atoms with Gasteiger partial charge < -0.3 is 15.8 Å². The Morgan fingerprint density at radius 1 is 1.56 bits per heavy atom. The lowest BCUT2D eigenvalue weighted by Crippen LogP contribution is -2.52. The molecular weight excluding hydrogens is 256 g/mol. The van der Waals surface area contributed by atoms with Gasteiger partial charge in [-0.05, 0) is 26.2 Å². The van der Waals surface area contributed by atoms with Gasteiger partial charge >= 0.3 is 0 Å². The van der Waals surface area contributed by atoms with Crippen LogP contribution in [-0.2, 0) is 19.4 Å². The number of nitrogens with one attached hydrogen (secondary N) is 1. The highest BCUT2D eigenvalue weighted by atomic mass is 32.2. The van der Waals surface area contributed by atoms with Crippen LogP contribution < -0.4 is 11.1 Å². The van der Waals surface area contributed by atoms with E-state index in [-0.39, 0.29) is 17.4 Å². The first-order chi connectivity index (χ1) is 8.28. The molecule has 3 N–H and O–H groups in total. The lowest BCUT2D eigenvalue weighted by molar-refractivity contribution is -0.124. The number of methoxy groups -OCH3 is 1. The van der Waals surface area contributed by atoms with Crippen LogP contribution in [0.5, 0.6) is 0 Å². The molecule has 2 atom stereocenters. The quantitative estimate of drug-likeness (QED) is 0.634.